The number of aliphatic imine (C=N–C) groups is 1. The number of nitrogens with zero attached hydrogens (tertiary/aromatic N) is 2. The van der Waals surface area contributed by atoms with Gasteiger partial charge in [0.15, 0.2) is 0 Å². The summed E-state index contributed by atoms with van der Waals surface area (Å²) >= 11 is 6.04. The Morgan fingerprint density at radius 1 is 1.02 bits per heavy atom. The predicted molar refractivity (Wildman–Crippen MR) is 166 cm³/mol. The number of primary amides is 1. The number of rotatable bonds is 12. The van der Waals surface area contributed by atoms with Gasteiger partial charge in [0.1, 0.15) is 0 Å². The molecule has 0 aliphatic rings. The van der Waals surface area contributed by atoms with E-state index in [9.17, 15) is 19.5 Å². The summed E-state index contributed by atoms with van der Waals surface area (Å²) in [5, 5.41) is 13.4. The van der Waals surface area contributed by atoms with Crippen molar-refractivity contribution in [2.45, 2.75) is 52.9 Å². The Hall–Kier alpha value is -4.47. The summed E-state index contributed by atoms with van der Waals surface area (Å²) in [6, 6.07) is 16.0. The molecule has 0 radical (unpaired) electrons. The topological polar surface area (TPSA) is 151 Å². The van der Waals surface area contributed by atoms with Crippen molar-refractivity contribution in [1.29, 1.82) is 0 Å². The van der Waals surface area contributed by atoms with E-state index in [0.717, 1.165) is 22.3 Å². The lowest BCUT2D eigenvalue weighted by molar-refractivity contribution is -0.135. The van der Waals surface area contributed by atoms with Gasteiger partial charge in [0.25, 0.3) is 0 Å². The zero-order valence-electron chi connectivity index (χ0n) is 24.1. The number of carboxylic acid groups (broad SMARTS) is 1. The van der Waals surface area contributed by atoms with Gasteiger partial charge < -0.3 is 26.8 Å². The van der Waals surface area contributed by atoms with Crippen molar-refractivity contribution in [2.75, 3.05) is 0 Å². The van der Waals surface area contributed by atoms with Crippen LogP contribution in [0.15, 0.2) is 71.4 Å². The fraction of sp³-hybridized carbons (Fsp3) is 0.250. The molecule has 0 bridgehead atoms. The second-order valence-corrected chi connectivity index (χ2v) is 10.6. The number of allylic oxidation sites excluding steroid dienone is 1. The molecule has 0 spiro atoms. The van der Waals surface area contributed by atoms with Crippen LogP contribution in [-0.2, 0) is 17.8 Å². The van der Waals surface area contributed by atoms with Gasteiger partial charge in [0.2, 0.25) is 11.8 Å². The predicted octanol–water partition coefficient (Wildman–Crippen LogP) is 4.68. The first-order valence-corrected chi connectivity index (χ1v) is 13.7. The van der Waals surface area contributed by atoms with Crippen LogP contribution in [0.5, 0.6) is 0 Å². The van der Waals surface area contributed by atoms with E-state index in [4.69, 9.17) is 23.1 Å². The van der Waals surface area contributed by atoms with Crippen molar-refractivity contribution < 1.29 is 19.5 Å². The van der Waals surface area contributed by atoms with Crippen LogP contribution in [0, 0.1) is 13.8 Å². The van der Waals surface area contributed by atoms with Gasteiger partial charge >= 0.3 is 5.97 Å². The molecule has 6 N–H and O–H groups in total. The molecule has 0 fully saturated rings. The van der Waals surface area contributed by atoms with E-state index in [1.165, 1.54) is 12.1 Å². The molecule has 0 heterocycles. The molecule has 0 saturated carbocycles. The molecular weight excluding hydrogens is 554 g/mol. The molecule has 0 saturated heterocycles. The molecule has 3 aromatic rings. The third-order valence-corrected chi connectivity index (χ3v) is 7.31. The maximum Gasteiger partial charge on any atom is 0.335 e. The minimum Gasteiger partial charge on any atom is -0.478 e. The highest BCUT2D eigenvalue weighted by molar-refractivity contribution is 6.30. The molecule has 3 rings (SSSR count). The molecule has 9 nitrogen and oxygen atoms in total. The van der Waals surface area contributed by atoms with Crippen LogP contribution in [0.2, 0.25) is 5.02 Å². The van der Waals surface area contributed by atoms with Crippen LogP contribution < -0.4 is 16.8 Å². The second-order valence-electron chi connectivity index (χ2n) is 10.2. The number of benzene rings is 3. The van der Waals surface area contributed by atoms with Crippen LogP contribution >= 0.6 is 11.6 Å². The van der Waals surface area contributed by atoms with Crippen molar-refractivity contribution in [3.05, 3.63) is 110 Å². The second kappa shape index (κ2) is 13.9. The van der Waals surface area contributed by atoms with Crippen LogP contribution in [0.25, 0.3) is 5.70 Å². The van der Waals surface area contributed by atoms with E-state index < -0.39 is 24.1 Å². The fourth-order valence-corrected chi connectivity index (χ4v) is 5.00. The minimum absolute atomic E-state index is 0.103. The summed E-state index contributed by atoms with van der Waals surface area (Å²) in [6.07, 6.45) is -0.340. The summed E-state index contributed by atoms with van der Waals surface area (Å²) in [5.74, 6) is -1.94. The van der Waals surface area contributed by atoms with E-state index in [2.05, 4.69) is 17.0 Å². The van der Waals surface area contributed by atoms with Crippen LogP contribution in [0.1, 0.15) is 62.4 Å². The van der Waals surface area contributed by atoms with Gasteiger partial charge in [0, 0.05) is 28.4 Å². The van der Waals surface area contributed by atoms with Crippen molar-refractivity contribution in [3.63, 3.8) is 0 Å². The molecular formula is C32H36ClN5O4. The summed E-state index contributed by atoms with van der Waals surface area (Å²) in [6.45, 7) is 11.1. The van der Waals surface area contributed by atoms with Crippen LogP contribution in [0.4, 0.5) is 0 Å². The summed E-state index contributed by atoms with van der Waals surface area (Å²) in [5.41, 5.74) is 17.6. The Bertz CT molecular complexity index is 1510. The number of aromatic carboxylic acids is 1. The van der Waals surface area contributed by atoms with Gasteiger partial charge in [-0.05, 0) is 99.5 Å². The molecule has 42 heavy (non-hydrogen) atoms. The van der Waals surface area contributed by atoms with Crippen LogP contribution in [-0.4, -0.2) is 46.7 Å². The number of nitrogens with two attached hydrogens (primary N) is 2. The van der Waals surface area contributed by atoms with E-state index in [-0.39, 0.29) is 24.4 Å². The number of amides is 2. The maximum absolute atomic E-state index is 13.9. The smallest absolute Gasteiger partial charge is 0.335 e. The Morgan fingerprint density at radius 2 is 1.64 bits per heavy atom. The van der Waals surface area contributed by atoms with Gasteiger partial charge in [-0.25, -0.2) is 4.79 Å². The molecule has 1 unspecified atom stereocenters. The zero-order valence-corrected chi connectivity index (χ0v) is 24.9. The number of carbonyl (C=O) groups is 3. The highest BCUT2D eigenvalue weighted by Crippen LogP contribution is 2.23. The zero-order chi connectivity index (χ0) is 31.1. The lowest BCUT2D eigenvalue weighted by Crippen LogP contribution is -2.52. The lowest BCUT2D eigenvalue weighted by atomic mass is 9.93. The normalized spacial score (nSPS) is 13.0. The quantitative estimate of drug-likeness (QED) is 0.178. The Balaban J connectivity index is 1.96. The van der Waals surface area contributed by atoms with E-state index in [1.54, 1.807) is 41.3 Å². The van der Waals surface area contributed by atoms with E-state index in [1.807, 2.05) is 39.8 Å². The highest BCUT2D eigenvalue weighted by Gasteiger charge is 2.27. The molecule has 0 aromatic heterocycles. The number of carboxylic acids is 1. The van der Waals surface area contributed by atoms with Gasteiger partial charge in [-0.15, -0.1) is 0 Å². The Morgan fingerprint density at radius 3 is 2.19 bits per heavy atom. The third kappa shape index (κ3) is 7.84. The average Bonchev–Trinajstić information content (AvgIpc) is 2.94. The van der Waals surface area contributed by atoms with Gasteiger partial charge in [-0.1, -0.05) is 35.9 Å². The molecule has 2 amide bonds. The Labute approximate surface area is 250 Å². The average molecular weight is 590 g/mol. The molecule has 0 aliphatic heterocycles. The standard InChI is InChI=1S/C32H36ClN5O4/c1-18-13-25(30(35)39)14-19(2)27(18)16-28(34)31(40)38(17-22-7-6-8-24(15-22)32(41)42)21(4)37-20(3)29(36-5)23-9-11-26(33)12-10-23/h6-15,21,28,37H,5,16-17,34H2,1-4H3,(H2,35,39)(H,41,42)/b29-20-/t21?,28-/m0/s1. The number of aryl methyl sites for hydroxylation is 2. The molecule has 220 valence electrons. The Kier molecular flexibility index (Phi) is 10.6. The summed E-state index contributed by atoms with van der Waals surface area (Å²) in [4.78, 5) is 43.0. The number of nitrogens with one attached hydrogen (secondary N) is 1. The summed E-state index contributed by atoms with van der Waals surface area (Å²) < 4.78 is 0. The first-order valence-electron chi connectivity index (χ1n) is 13.3. The molecule has 0 aliphatic carbocycles. The first kappa shape index (κ1) is 32.0. The van der Waals surface area contributed by atoms with Crippen molar-refractivity contribution in [3.8, 4) is 0 Å². The number of hydrogen-bond acceptors (Lipinski definition) is 6. The number of hydrogen-bond donors (Lipinski definition) is 4. The number of carbonyl (C=O) groups excluding carboxylic acids is 2. The number of halogens is 1. The SMILES string of the molecule is C=N/C(=C(/C)NC(C)N(Cc1cccc(C(=O)O)c1)C(=O)[C@@H](N)Cc1c(C)cc(C(N)=O)cc1C)c1ccc(Cl)cc1. The molecule has 10 heteroatoms. The van der Waals surface area contributed by atoms with E-state index >= 15 is 0 Å². The molecule has 3 aromatic carbocycles. The van der Waals surface area contributed by atoms with E-state index in [0.29, 0.717) is 27.5 Å². The monoisotopic (exact) mass is 589 g/mol. The first-order chi connectivity index (χ1) is 19.8. The van der Waals surface area contributed by atoms with Gasteiger partial charge in [-0.3, -0.25) is 14.6 Å². The molecule has 2 atom stereocenters. The van der Waals surface area contributed by atoms with Crippen molar-refractivity contribution in [1.82, 2.24) is 10.2 Å². The van der Waals surface area contributed by atoms with Gasteiger partial charge in [-0.2, -0.15) is 0 Å². The minimum atomic E-state index is -1.06. The lowest BCUT2D eigenvalue weighted by Gasteiger charge is -2.33. The van der Waals surface area contributed by atoms with Crippen molar-refractivity contribution >= 4 is 41.8 Å². The fourth-order valence-electron chi connectivity index (χ4n) is 4.88. The van der Waals surface area contributed by atoms with Crippen molar-refractivity contribution in [2.24, 2.45) is 16.5 Å². The van der Waals surface area contributed by atoms with Gasteiger partial charge in [0.05, 0.1) is 23.5 Å². The highest BCUT2D eigenvalue weighted by atomic mass is 35.5. The van der Waals surface area contributed by atoms with Crippen LogP contribution in [0.3, 0.4) is 0 Å². The maximum atomic E-state index is 13.9. The summed E-state index contributed by atoms with van der Waals surface area (Å²) in [7, 11) is 0. The largest absolute Gasteiger partial charge is 0.478 e. The third-order valence-electron chi connectivity index (χ3n) is 7.06.